The molecule has 0 amide bonds. The van der Waals surface area contributed by atoms with E-state index in [-0.39, 0.29) is 0 Å². The van der Waals surface area contributed by atoms with Gasteiger partial charge in [0.1, 0.15) is 6.54 Å². The standard InChI is InChI=1S/C38H60N4O/c43-42(34-24-20-16-12-8-4-2-6-10-14-18-22-28-38-30-26-32-40-36-38)41-33-23-19-15-11-7-3-1-5-9-13-17-21-27-37-29-25-31-39-35-37/h11,14-15,18,25-26,29-32,35-36H,1-10,12-13,16-17,19-24,27-28,33-34H2/b15-11+,18-14+,42-41?. The average Bonchev–Trinajstić information content (AvgIpc) is 3.04. The smallest absolute Gasteiger partial charge is 0.180 e. The third-order valence-electron chi connectivity index (χ3n) is 7.97. The van der Waals surface area contributed by atoms with E-state index in [1.54, 1.807) is 0 Å². The molecule has 238 valence electrons. The molecule has 2 aromatic heterocycles. The Kier molecular flexibility index (Phi) is 23.7. The zero-order valence-electron chi connectivity index (χ0n) is 27.1. The molecular weight excluding hydrogens is 528 g/mol. The van der Waals surface area contributed by atoms with Gasteiger partial charge in [-0.1, -0.05) is 106 Å². The summed E-state index contributed by atoms with van der Waals surface area (Å²) in [5.74, 6) is 0. The number of nitrogens with zero attached hydrogens (tertiary/aromatic N) is 4. The second kappa shape index (κ2) is 28.0. The maximum Gasteiger partial charge on any atom is 0.180 e. The van der Waals surface area contributed by atoms with Gasteiger partial charge in [-0.25, -0.2) is 0 Å². The number of hydroxylamine groups is 1. The van der Waals surface area contributed by atoms with Crippen molar-refractivity contribution in [3.63, 3.8) is 0 Å². The Morgan fingerprint density at radius 2 is 1.00 bits per heavy atom. The van der Waals surface area contributed by atoms with Gasteiger partial charge in [0, 0.05) is 31.2 Å². The number of azo groups is 1. The normalized spacial score (nSPS) is 12.1. The lowest BCUT2D eigenvalue weighted by atomic mass is 10.0. The number of allylic oxidation sites excluding steroid dienone is 4. The summed E-state index contributed by atoms with van der Waals surface area (Å²) in [6.45, 7) is 1.20. The molecule has 43 heavy (non-hydrogen) atoms. The van der Waals surface area contributed by atoms with Crippen LogP contribution in [-0.2, 0) is 12.8 Å². The molecule has 0 unspecified atom stereocenters. The highest BCUT2D eigenvalue weighted by Gasteiger charge is 1.98. The van der Waals surface area contributed by atoms with Crippen LogP contribution in [0.4, 0.5) is 0 Å². The highest BCUT2D eigenvalue weighted by Crippen LogP contribution is 2.12. The van der Waals surface area contributed by atoms with Crippen molar-refractivity contribution < 1.29 is 4.86 Å². The van der Waals surface area contributed by atoms with Gasteiger partial charge in [-0.3, -0.25) is 9.97 Å². The second-order valence-corrected chi connectivity index (χ2v) is 11.9. The van der Waals surface area contributed by atoms with E-state index < -0.39 is 0 Å². The van der Waals surface area contributed by atoms with Crippen molar-refractivity contribution in [2.75, 3.05) is 13.1 Å². The SMILES string of the molecule is [O-][N+](CCCCCCCCCC/C=C/CCc1cccnc1)=NCCC/C=C/CCCCCCCCCc1cccnc1. The first-order chi connectivity index (χ1) is 21.3. The van der Waals surface area contributed by atoms with Gasteiger partial charge in [-0.2, -0.15) is 0 Å². The van der Waals surface area contributed by atoms with Crippen LogP contribution in [0.3, 0.4) is 0 Å². The van der Waals surface area contributed by atoms with Gasteiger partial charge in [-0.05, 0) is 99.0 Å². The van der Waals surface area contributed by atoms with E-state index in [1.807, 2.05) is 36.9 Å². The molecule has 0 fully saturated rings. The molecule has 2 aromatic rings. The lowest BCUT2D eigenvalue weighted by Crippen LogP contribution is -2.03. The Balaban J connectivity index is 1.25. The molecular formula is C38H60N4O. The molecule has 5 heteroatoms. The van der Waals surface area contributed by atoms with Crippen LogP contribution in [0, 0.1) is 5.21 Å². The molecule has 0 saturated heterocycles. The van der Waals surface area contributed by atoms with Crippen molar-refractivity contribution in [1.29, 1.82) is 0 Å². The third kappa shape index (κ3) is 23.3. The lowest BCUT2D eigenvalue weighted by Gasteiger charge is -2.03. The largest absolute Gasteiger partial charge is 0.600 e. The Bertz CT molecular complexity index is 958. The summed E-state index contributed by atoms with van der Waals surface area (Å²) in [6, 6.07) is 8.35. The summed E-state index contributed by atoms with van der Waals surface area (Å²) in [4.78, 5) is 9.27. The van der Waals surface area contributed by atoms with Gasteiger partial charge in [0.2, 0.25) is 0 Å². The molecule has 0 aliphatic heterocycles. The number of aryl methyl sites for hydroxylation is 2. The number of unbranched alkanes of at least 4 members (excludes halogenated alkanes) is 16. The predicted molar refractivity (Wildman–Crippen MR) is 182 cm³/mol. The summed E-state index contributed by atoms with van der Waals surface area (Å²) in [5, 5.41) is 16.1. The molecule has 0 spiro atoms. The minimum Gasteiger partial charge on any atom is -0.600 e. The van der Waals surface area contributed by atoms with Crippen molar-refractivity contribution >= 4 is 0 Å². The molecule has 2 rings (SSSR count). The molecule has 0 aromatic carbocycles. The number of hydrogen-bond acceptors (Lipinski definition) is 4. The Morgan fingerprint density at radius 1 is 0.535 bits per heavy atom. The van der Waals surface area contributed by atoms with Crippen LogP contribution < -0.4 is 0 Å². The van der Waals surface area contributed by atoms with Crippen LogP contribution in [0.15, 0.2) is 78.5 Å². The highest BCUT2D eigenvalue weighted by atomic mass is 16.5. The van der Waals surface area contributed by atoms with Crippen LogP contribution in [0.25, 0.3) is 0 Å². The zero-order valence-corrected chi connectivity index (χ0v) is 27.1. The summed E-state index contributed by atoms with van der Waals surface area (Å²) in [6.07, 6.45) is 43.7. The van der Waals surface area contributed by atoms with E-state index in [0.717, 1.165) is 49.8 Å². The Labute approximate surface area is 263 Å². The van der Waals surface area contributed by atoms with Crippen LogP contribution in [-0.4, -0.2) is 27.9 Å². The van der Waals surface area contributed by atoms with Gasteiger partial charge in [0.05, 0.1) is 0 Å². The monoisotopic (exact) mass is 588 g/mol. The average molecular weight is 589 g/mol. The first-order valence-electron chi connectivity index (χ1n) is 17.5. The number of aromatic nitrogens is 2. The summed E-state index contributed by atoms with van der Waals surface area (Å²) in [5.41, 5.74) is 2.68. The van der Waals surface area contributed by atoms with E-state index in [1.165, 1.54) is 107 Å². The molecule has 0 aliphatic carbocycles. The molecule has 0 aliphatic rings. The lowest BCUT2D eigenvalue weighted by molar-refractivity contribution is -0.531. The van der Waals surface area contributed by atoms with E-state index in [0.29, 0.717) is 13.1 Å². The fourth-order valence-electron chi connectivity index (χ4n) is 5.32. The van der Waals surface area contributed by atoms with Gasteiger partial charge in [0.15, 0.2) is 6.54 Å². The summed E-state index contributed by atoms with van der Waals surface area (Å²) >= 11 is 0. The molecule has 0 bridgehead atoms. The number of rotatable bonds is 28. The molecule has 0 atom stereocenters. The Morgan fingerprint density at radius 3 is 1.56 bits per heavy atom. The van der Waals surface area contributed by atoms with E-state index in [9.17, 15) is 5.21 Å². The van der Waals surface area contributed by atoms with Gasteiger partial charge >= 0.3 is 0 Å². The summed E-state index contributed by atoms with van der Waals surface area (Å²) < 4.78 is 0. The van der Waals surface area contributed by atoms with Gasteiger partial charge < -0.3 is 5.21 Å². The molecule has 5 nitrogen and oxygen atoms in total. The highest BCUT2D eigenvalue weighted by molar-refractivity contribution is 5.09. The predicted octanol–water partition coefficient (Wildman–Crippen LogP) is 11.1. The van der Waals surface area contributed by atoms with Crippen LogP contribution in [0.1, 0.15) is 140 Å². The number of pyridine rings is 2. The van der Waals surface area contributed by atoms with Crippen LogP contribution in [0.2, 0.25) is 0 Å². The minimum atomic E-state index is 0.549. The van der Waals surface area contributed by atoms with Gasteiger partial charge in [0.25, 0.3) is 0 Å². The first-order valence-corrected chi connectivity index (χ1v) is 17.5. The maximum absolute atomic E-state index is 11.9. The zero-order chi connectivity index (χ0) is 30.3. The van der Waals surface area contributed by atoms with Crippen molar-refractivity contribution in [2.45, 2.75) is 141 Å². The molecule has 2 heterocycles. The quantitative estimate of drug-likeness (QED) is 0.0326. The maximum atomic E-state index is 11.9. The third-order valence-corrected chi connectivity index (χ3v) is 7.97. The molecule has 0 radical (unpaired) electrons. The van der Waals surface area contributed by atoms with E-state index in [2.05, 4.69) is 51.5 Å². The molecule has 0 saturated carbocycles. The van der Waals surface area contributed by atoms with E-state index in [4.69, 9.17) is 0 Å². The number of hydrogen-bond donors (Lipinski definition) is 0. The van der Waals surface area contributed by atoms with Crippen molar-refractivity contribution in [2.24, 2.45) is 5.11 Å². The fourth-order valence-corrected chi connectivity index (χ4v) is 5.32. The van der Waals surface area contributed by atoms with Crippen molar-refractivity contribution in [3.8, 4) is 0 Å². The topological polar surface area (TPSA) is 64.2 Å². The minimum absolute atomic E-state index is 0.549. The van der Waals surface area contributed by atoms with Crippen molar-refractivity contribution in [3.05, 3.63) is 89.7 Å². The Hall–Kier alpha value is -2.82. The van der Waals surface area contributed by atoms with Gasteiger partial charge in [-0.15, -0.1) is 0 Å². The van der Waals surface area contributed by atoms with Crippen LogP contribution >= 0.6 is 0 Å². The fraction of sp³-hybridized carbons (Fsp3) is 0.632. The first kappa shape index (κ1) is 36.4. The second-order valence-electron chi connectivity index (χ2n) is 11.9. The van der Waals surface area contributed by atoms with Crippen LogP contribution in [0.5, 0.6) is 0 Å². The molecule has 0 N–H and O–H groups in total. The summed E-state index contributed by atoms with van der Waals surface area (Å²) in [7, 11) is 0. The van der Waals surface area contributed by atoms with Crippen molar-refractivity contribution in [1.82, 2.24) is 9.97 Å². The van der Waals surface area contributed by atoms with E-state index >= 15 is 0 Å².